The van der Waals surface area contributed by atoms with Gasteiger partial charge in [-0.25, -0.2) is 4.79 Å². The number of ketones is 2. The standard InChI is InChI=1S/C25H23N3O4S/c1-4-28(5-2)16-13-11-15(12-14-16)26-27-24-20(25(31)32-6-3)19-21(29)17-9-7-8-10-18(17)22(30)23(19)33-24/h7-14H,4-6H2,1-3H3. The molecule has 0 N–H and O–H groups in total. The van der Waals surface area contributed by atoms with E-state index in [4.69, 9.17) is 4.74 Å². The number of rotatable bonds is 7. The average Bonchev–Trinajstić information content (AvgIpc) is 3.23. The molecule has 7 nitrogen and oxygen atoms in total. The number of hydrogen-bond acceptors (Lipinski definition) is 8. The molecule has 33 heavy (non-hydrogen) atoms. The normalized spacial score (nSPS) is 12.6. The molecule has 0 bridgehead atoms. The van der Waals surface area contributed by atoms with Gasteiger partial charge < -0.3 is 9.64 Å². The van der Waals surface area contributed by atoms with Gasteiger partial charge in [-0.1, -0.05) is 24.3 Å². The zero-order chi connectivity index (χ0) is 23.5. The van der Waals surface area contributed by atoms with Crippen LogP contribution in [0.3, 0.4) is 0 Å². The van der Waals surface area contributed by atoms with E-state index in [0.29, 0.717) is 11.3 Å². The molecule has 0 aliphatic heterocycles. The van der Waals surface area contributed by atoms with Crippen molar-refractivity contribution in [3.8, 4) is 0 Å². The number of anilines is 1. The van der Waals surface area contributed by atoms with Crippen molar-refractivity contribution in [2.75, 3.05) is 24.6 Å². The van der Waals surface area contributed by atoms with Gasteiger partial charge >= 0.3 is 5.97 Å². The maximum atomic E-state index is 13.2. The summed E-state index contributed by atoms with van der Waals surface area (Å²) in [4.78, 5) is 41.4. The molecule has 1 heterocycles. The van der Waals surface area contributed by atoms with Gasteiger partial charge in [-0.3, -0.25) is 9.59 Å². The van der Waals surface area contributed by atoms with E-state index < -0.39 is 5.97 Å². The van der Waals surface area contributed by atoms with Gasteiger partial charge in [0.1, 0.15) is 5.56 Å². The number of hydrogen-bond donors (Lipinski definition) is 0. The Bertz CT molecular complexity index is 1260. The fourth-order valence-electron chi connectivity index (χ4n) is 3.82. The van der Waals surface area contributed by atoms with Crippen LogP contribution in [0.4, 0.5) is 16.4 Å². The summed E-state index contributed by atoms with van der Waals surface area (Å²) in [5, 5.41) is 8.70. The Hall–Kier alpha value is -3.65. The van der Waals surface area contributed by atoms with Crippen LogP contribution in [0.2, 0.25) is 0 Å². The molecule has 0 unspecified atom stereocenters. The lowest BCUT2D eigenvalue weighted by Gasteiger charge is -2.20. The highest BCUT2D eigenvalue weighted by molar-refractivity contribution is 7.19. The van der Waals surface area contributed by atoms with Gasteiger partial charge in [0.05, 0.1) is 22.7 Å². The van der Waals surface area contributed by atoms with E-state index in [1.807, 2.05) is 24.3 Å². The molecule has 1 aromatic heterocycles. The van der Waals surface area contributed by atoms with Crippen LogP contribution in [-0.2, 0) is 4.74 Å². The molecule has 4 rings (SSSR count). The Labute approximate surface area is 195 Å². The van der Waals surface area contributed by atoms with Crippen molar-refractivity contribution in [1.29, 1.82) is 0 Å². The van der Waals surface area contributed by atoms with Crippen molar-refractivity contribution in [1.82, 2.24) is 0 Å². The number of carbonyl (C=O) groups excluding carboxylic acids is 3. The first kappa shape index (κ1) is 22.5. The van der Waals surface area contributed by atoms with Crippen LogP contribution >= 0.6 is 11.3 Å². The Morgan fingerprint density at radius 2 is 1.55 bits per heavy atom. The van der Waals surface area contributed by atoms with Gasteiger partial charge in [-0.2, -0.15) is 0 Å². The zero-order valence-corrected chi connectivity index (χ0v) is 19.4. The maximum Gasteiger partial charge on any atom is 0.342 e. The van der Waals surface area contributed by atoms with Crippen LogP contribution in [0.5, 0.6) is 0 Å². The Morgan fingerprint density at radius 3 is 2.15 bits per heavy atom. The molecule has 0 amide bonds. The van der Waals surface area contributed by atoms with Gasteiger partial charge in [-0.15, -0.1) is 21.6 Å². The van der Waals surface area contributed by atoms with Crippen LogP contribution in [0, 0.1) is 0 Å². The van der Waals surface area contributed by atoms with Gasteiger partial charge in [0, 0.05) is 29.9 Å². The number of ether oxygens (including phenoxy) is 1. The van der Waals surface area contributed by atoms with Crippen molar-refractivity contribution in [3.05, 3.63) is 75.7 Å². The van der Waals surface area contributed by atoms with E-state index in [1.165, 1.54) is 0 Å². The number of carbonyl (C=O) groups is 3. The smallest absolute Gasteiger partial charge is 0.342 e. The highest BCUT2D eigenvalue weighted by Crippen LogP contribution is 2.42. The van der Waals surface area contributed by atoms with Crippen LogP contribution in [0.15, 0.2) is 58.8 Å². The summed E-state index contributed by atoms with van der Waals surface area (Å²) in [6.45, 7) is 7.78. The van der Waals surface area contributed by atoms with Crippen molar-refractivity contribution >= 4 is 45.2 Å². The molecule has 1 aliphatic rings. The number of esters is 1. The molecule has 0 fully saturated rings. The van der Waals surface area contributed by atoms with Gasteiger partial charge in [-0.05, 0) is 45.0 Å². The van der Waals surface area contributed by atoms with Crippen LogP contribution in [0.1, 0.15) is 62.3 Å². The fraction of sp³-hybridized carbons (Fsp3) is 0.240. The molecule has 8 heteroatoms. The molecule has 0 radical (unpaired) electrons. The van der Waals surface area contributed by atoms with E-state index in [1.54, 1.807) is 31.2 Å². The highest BCUT2D eigenvalue weighted by Gasteiger charge is 2.38. The molecular weight excluding hydrogens is 438 g/mol. The van der Waals surface area contributed by atoms with Crippen LogP contribution in [0.25, 0.3) is 0 Å². The maximum absolute atomic E-state index is 13.2. The summed E-state index contributed by atoms with van der Waals surface area (Å²) >= 11 is 0.986. The summed E-state index contributed by atoms with van der Waals surface area (Å²) < 4.78 is 5.18. The summed E-state index contributed by atoms with van der Waals surface area (Å²) in [6.07, 6.45) is 0. The second-order valence-corrected chi connectivity index (χ2v) is 8.30. The third-order valence-electron chi connectivity index (χ3n) is 5.45. The first-order valence-corrected chi connectivity index (χ1v) is 11.6. The first-order chi connectivity index (χ1) is 16.0. The number of fused-ring (bicyclic) bond motifs is 2. The van der Waals surface area contributed by atoms with Crippen molar-refractivity contribution in [3.63, 3.8) is 0 Å². The topological polar surface area (TPSA) is 88.4 Å². The van der Waals surface area contributed by atoms with E-state index in [9.17, 15) is 14.4 Å². The molecule has 168 valence electrons. The molecule has 0 saturated carbocycles. The molecule has 0 spiro atoms. The van der Waals surface area contributed by atoms with Crippen molar-refractivity contribution in [2.24, 2.45) is 10.2 Å². The number of nitrogens with zero attached hydrogens (tertiary/aromatic N) is 3. The minimum Gasteiger partial charge on any atom is -0.462 e. The summed E-state index contributed by atoms with van der Waals surface area (Å²) in [5.74, 6) is -1.38. The second-order valence-electron chi connectivity index (χ2n) is 7.30. The molecule has 0 saturated heterocycles. The van der Waals surface area contributed by atoms with Crippen molar-refractivity contribution < 1.29 is 19.1 Å². The number of thiophene rings is 1. The quantitative estimate of drug-likeness (QED) is 0.250. The van der Waals surface area contributed by atoms with E-state index in [-0.39, 0.29) is 44.7 Å². The monoisotopic (exact) mass is 461 g/mol. The number of benzene rings is 2. The van der Waals surface area contributed by atoms with Gasteiger partial charge in [0.25, 0.3) is 0 Å². The fourth-order valence-corrected chi connectivity index (χ4v) is 4.88. The average molecular weight is 462 g/mol. The highest BCUT2D eigenvalue weighted by atomic mass is 32.1. The Kier molecular flexibility index (Phi) is 6.46. The molecule has 2 aromatic carbocycles. The zero-order valence-electron chi connectivity index (χ0n) is 18.6. The lowest BCUT2D eigenvalue weighted by molar-refractivity contribution is 0.0525. The van der Waals surface area contributed by atoms with E-state index >= 15 is 0 Å². The Morgan fingerprint density at radius 1 is 0.909 bits per heavy atom. The molecule has 3 aromatic rings. The minimum absolute atomic E-state index is 0.00628. The minimum atomic E-state index is -0.693. The third-order valence-corrected chi connectivity index (χ3v) is 6.53. The lowest BCUT2D eigenvalue weighted by Crippen LogP contribution is -2.21. The van der Waals surface area contributed by atoms with E-state index in [0.717, 1.165) is 30.1 Å². The summed E-state index contributed by atoms with van der Waals surface area (Å²) in [6, 6.07) is 14.2. The van der Waals surface area contributed by atoms with Gasteiger partial charge in [0.15, 0.2) is 10.8 Å². The van der Waals surface area contributed by atoms with Crippen molar-refractivity contribution in [2.45, 2.75) is 20.8 Å². The molecular formula is C25H23N3O4S. The second kappa shape index (κ2) is 9.46. The van der Waals surface area contributed by atoms with Crippen LogP contribution in [-0.4, -0.2) is 37.2 Å². The van der Waals surface area contributed by atoms with Gasteiger partial charge in [0.2, 0.25) is 5.78 Å². The molecule has 1 aliphatic carbocycles. The molecule has 0 atom stereocenters. The van der Waals surface area contributed by atoms with Crippen LogP contribution < -0.4 is 4.90 Å². The summed E-state index contributed by atoms with van der Waals surface area (Å²) in [5.41, 5.74) is 2.30. The lowest BCUT2D eigenvalue weighted by atomic mass is 9.87. The SMILES string of the molecule is CCOC(=O)c1c(N=Nc2ccc(N(CC)CC)cc2)sc2c1C(=O)c1ccccc1C2=O. The predicted octanol–water partition coefficient (Wildman–Crippen LogP) is 5.96. The first-order valence-electron chi connectivity index (χ1n) is 10.8. The Balaban J connectivity index is 1.75. The van der Waals surface area contributed by atoms with E-state index in [2.05, 4.69) is 29.0 Å². The number of azo groups is 1. The third kappa shape index (κ3) is 4.09. The largest absolute Gasteiger partial charge is 0.462 e. The predicted molar refractivity (Wildman–Crippen MR) is 128 cm³/mol. The summed E-state index contributed by atoms with van der Waals surface area (Å²) in [7, 11) is 0.